The second kappa shape index (κ2) is 13.1. The minimum Gasteiger partial charge on any atom is -0.340 e. The summed E-state index contributed by atoms with van der Waals surface area (Å²) in [6.45, 7) is 3.95. The number of aromatic amines is 1. The first-order chi connectivity index (χ1) is 18.8. The highest BCUT2D eigenvalue weighted by Crippen LogP contribution is 2.26. The molecule has 0 fully saturated rings. The average Bonchev–Trinajstić information content (AvgIpc) is 3.34. The van der Waals surface area contributed by atoms with Crippen molar-refractivity contribution in [1.82, 2.24) is 15.5 Å². The topological polar surface area (TPSA) is 116 Å². The second-order valence-corrected chi connectivity index (χ2v) is 11.0. The van der Waals surface area contributed by atoms with Crippen LogP contribution in [-0.4, -0.2) is 34.0 Å². The van der Waals surface area contributed by atoms with E-state index in [0.29, 0.717) is 26.8 Å². The molecule has 1 heterocycles. The Morgan fingerprint density at radius 1 is 0.846 bits per heavy atom. The van der Waals surface area contributed by atoms with Gasteiger partial charge in [0.2, 0.25) is 16.9 Å². The maximum absolute atomic E-state index is 13.4. The molecule has 0 aliphatic rings. The summed E-state index contributed by atoms with van der Waals surface area (Å²) in [6, 6.07) is 25.0. The van der Waals surface area contributed by atoms with Crippen LogP contribution in [0.25, 0.3) is 0 Å². The zero-order chi connectivity index (χ0) is 27.8. The number of benzene rings is 3. The highest BCUT2D eigenvalue weighted by atomic mass is 32.1. The Morgan fingerprint density at radius 3 is 1.95 bits per heavy atom. The van der Waals surface area contributed by atoms with E-state index in [-0.39, 0.29) is 17.7 Å². The molecular formula is C29H29N5O3S2. The maximum atomic E-state index is 13.4. The van der Waals surface area contributed by atoms with Gasteiger partial charge in [0.25, 0.3) is 5.91 Å². The van der Waals surface area contributed by atoms with Crippen LogP contribution in [0.15, 0.2) is 84.9 Å². The van der Waals surface area contributed by atoms with Crippen LogP contribution in [0, 0.1) is 9.87 Å². The maximum Gasteiger partial charge on any atom is 0.251 e. The molecule has 0 bridgehead atoms. The SMILES string of the molecule is CC(C)C[C@H](NC(=O)c1ccc(NC(=O)C(c2ccccc2)c2ccccc2)cc1)C(=O)Nc1n[nH]c(=S)s1. The molecule has 0 saturated carbocycles. The highest BCUT2D eigenvalue weighted by molar-refractivity contribution is 7.73. The predicted molar refractivity (Wildman–Crippen MR) is 156 cm³/mol. The molecule has 0 unspecified atom stereocenters. The van der Waals surface area contributed by atoms with E-state index in [2.05, 4.69) is 26.1 Å². The van der Waals surface area contributed by atoms with Gasteiger partial charge >= 0.3 is 0 Å². The van der Waals surface area contributed by atoms with Gasteiger partial charge in [-0.1, -0.05) is 85.8 Å². The van der Waals surface area contributed by atoms with Gasteiger partial charge in [-0.15, -0.1) is 5.10 Å². The normalized spacial score (nSPS) is 11.7. The second-order valence-electron chi connectivity index (χ2n) is 9.38. The number of rotatable bonds is 10. The molecule has 3 amide bonds. The van der Waals surface area contributed by atoms with Gasteiger partial charge in [-0.05, 0) is 59.9 Å². The summed E-state index contributed by atoms with van der Waals surface area (Å²) in [6.07, 6.45) is 0.446. The molecule has 4 rings (SSSR count). The lowest BCUT2D eigenvalue weighted by molar-refractivity contribution is -0.118. The van der Waals surface area contributed by atoms with Gasteiger partial charge in [0.05, 0.1) is 5.92 Å². The Bertz CT molecular complexity index is 1430. The summed E-state index contributed by atoms with van der Waals surface area (Å²) < 4.78 is 0.445. The molecule has 0 radical (unpaired) electrons. The molecule has 200 valence electrons. The van der Waals surface area contributed by atoms with Gasteiger partial charge in [-0.25, -0.2) is 0 Å². The third-order valence-electron chi connectivity index (χ3n) is 5.94. The Kier molecular flexibility index (Phi) is 9.35. The van der Waals surface area contributed by atoms with Crippen molar-refractivity contribution in [1.29, 1.82) is 0 Å². The van der Waals surface area contributed by atoms with E-state index in [1.165, 1.54) is 0 Å². The van der Waals surface area contributed by atoms with Crippen molar-refractivity contribution in [3.05, 3.63) is 106 Å². The van der Waals surface area contributed by atoms with Gasteiger partial charge in [0.1, 0.15) is 6.04 Å². The molecule has 0 aliphatic heterocycles. The number of carbonyl (C=O) groups excluding carboxylic acids is 3. The number of H-pyrrole nitrogens is 1. The Morgan fingerprint density at radius 2 is 1.44 bits per heavy atom. The lowest BCUT2D eigenvalue weighted by Crippen LogP contribution is -2.44. The summed E-state index contributed by atoms with van der Waals surface area (Å²) in [5.74, 6) is -1.27. The molecule has 4 aromatic rings. The number of hydrogen-bond donors (Lipinski definition) is 4. The van der Waals surface area contributed by atoms with Crippen molar-refractivity contribution >= 4 is 52.1 Å². The number of amides is 3. The van der Waals surface area contributed by atoms with Crippen LogP contribution >= 0.6 is 23.6 Å². The van der Waals surface area contributed by atoms with E-state index >= 15 is 0 Å². The molecular weight excluding hydrogens is 530 g/mol. The Labute approximate surface area is 235 Å². The third kappa shape index (κ3) is 7.68. The summed E-state index contributed by atoms with van der Waals surface area (Å²) in [5, 5.41) is 15.4. The van der Waals surface area contributed by atoms with E-state index in [4.69, 9.17) is 12.2 Å². The predicted octanol–water partition coefficient (Wildman–Crippen LogP) is 5.75. The molecule has 3 aromatic carbocycles. The van der Waals surface area contributed by atoms with Gasteiger partial charge in [0.15, 0.2) is 3.95 Å². The zero-order valence-corrected chi connectivity index (χ0v) is 23.1. The molecule has 1 aromatic heterocycles. The van der Waals surface area contributed by atoms with Crippen molar-refractivity contribution in [3.63, 3.8) is 0 Å². The van der Waals surface area contributed by atoms with Crippen LogP contribution in [0.4, 0.5) is 10.8 Å². The van der Waals surface area contributed by atoms with E-state index < -0.39 is 17.9 Å². The summed E-state index contributed by atoms with van der Waals surface area (Å²) in [7, 11) is 0. The van der Waals surface area contributed by atoms with Crippen LogP contribution in [-0.2, 0) is 9.59 Å². The first kappa shape index (κ1) is 27.9. The van der Waals surface area contributed by atoms with Crippen molar-refractivity contribution in [2.45, 2.75) is 32.2 Å². The Hall–Kier alpha value is -4.15. The molecule has 8 nitrogen and oxygen atoms in total. The van der Waals surface area contributed by atoms with Crippen LogP contribution in [0.1, 0.15) is 47.7 Å². The van der Waals surface area contributed by atoms with Gasteiger partial charge in [-0.2, -0.15) is 0 Å². The standard InChI is InChI=1S/C29H29N5O3S2/c1-18(2)17-23(26(36)32-28-33-34-29(38)39-28)31-25(35)21-13-15-22(16-14-21)30-27(37)24(19-9-5-3-6-10-19)20-11-7-4-8-12-20/h3-16,18,23-24H,17H2,1-2H3,(H,30,37)(H,31,35)(H,34,38)(H,32,33,36)/t23-/m0/s1. The third-order valence-corrected chi connectivity index (χ3v) is 6.94. The van der Waals surface area contributed by atoms with E-state index in [9.17, 15) is 14.4 Å². The van der Waals surface area contributed by atoms with Crippen LogP contribution < -0.4 is 16.0 Å². The first-order valence-corrected chi connectivity index (χ1v) is 13.7. The lowest BCUT2D eigenvalue weighted by Gasteiger charge is -2.20. The molecule has 0 aliphatic carbocycles. The lowest BCUT2D eigenvalue weighted by atomic mass is 9.90. The average molecular weight is 560 g/mol. The molecule has 0 spiro atoms. The quantitative estimate of drug-likeness (QED) is 0.185. The highest BCUT2D eigenvalue weighted by Gasteiger charge is 2.25. The van der Waals surface area contributed by atoms with E-state index in [0.717, 1.165) is 22.5 Å². The van der Waals surface area contributed by atoms with Crippen LogP contribution in [0.5, 0.6) is 0 Å². The number of carbonyl (C=O) groups is 3. The number of nitrogens with zero attached hydrogens (tertiary/aromatic N) is 1. The monoisotopic (exact) mass is 559 g/mol. The molecule has 39 heavy (non-hydrogen) atoms. The van der Waals surface area contributed by atoms with E-state index in [1.807, 2.05) is 74.5 Å². The van der Waals surface area contributed by atoms with Gasteiger partial charge < -0.3 is 10.6 Å². The fourth-order valence-electron chi connectivity index (χ4n) is 4.13. The van der Waals surface area contributed by atoms with Crippen molar-refractivity contribution in [2.24, 2.45) is 5.92 Å². The summed E-state index contributed by atoms with van der Waals surface area (Å²) in [4.78, 5) is 39.2. The molecule has 4 N–H and O–H groups in total. The smallest absolute Gasteiger partial charge is 0.251 e. The van der Waals surface area contributed by atoms with Crippen LogP contribution in [0.2, 0.25) is 0 Å². The summed E-state index contributed by atoms with van der Waals surface area (Å²) in [5.41, 5.74) is 2.69. The molecule has 1 atom stereocenters. The fraction of sp³-hybridized carbons (Fsp3) is 0.207. The zero-order valence-electron chi connectivity index (χ0n) is 21.5. The van der Waals surface area contributed by atoms with Gasteiger partial charge in [-0.3, -0.25) is 24.8 Å². The number of nitrogens with one attached hydrogen (secondary N) is 4. The molecule has 0 saturated heterocycles. The van der Waals surface area contributed by atoms with Crippen molar-refractivity contribution in [2.75, 3.05) is 10.6 Å². The minimum atomic E-state index is -0.758. The molecule has 10 heteroatoms. The van der Waals surface area contributed by atoms with Gasteiger partial charge in [0, 0.05) is 11.3 Å². The van der Waals surface area contributed by atoms with Crippen molar-refractivity contribution < 1.29 is 14.4 Å². The number of aromatic nitrogens is 2. The largest absolute Gasteiger partial charge is 0.340 e. The Balaban J connectivity index is 1.44. The fourth-order valence-corrected chi connectivity index (χ4v) is 4.92. The van der Waals surface area contributed by atoms with Crippen molar-refractivity contribution in [3.8, 4) is 0 Å². The minimum absolute atomic E-state index is 0.165. The number of anilines is 2. The number of hydrogen-bond acceptors (Lipinski definition) is 6. The first-order valence-electron chi connectivity index (χ1n) is 12.5. The van der Waals surface area contributed by atoms with Crippen LogP contribution in [0.3, 0.4) is 0 Å². The van der Waals surface area contributed by atoms with E-state index in [1.54, 1.807) is 24.3 Å². The summed E-state index contributed by atoms with van der Waals surface area (Å²) >= 11 is 6.15.